The lowest BCUT2D eigenvalue weighted by atomic mass is 10.1. The Morgan fingerprint density at radius 2 is 1.82 bits per heavy atom. The van der Waals surface area contributed by atoms with Crippen molar-refractivity contribution in [2.45, 2.75) is 13.8 Å². The summed E-state index contributed by atoms with van der Waals surface area (Å²) in [7, 11) is 3.12. The molecule has 0 aliphatic rings. The van der Waals surface area contributed by atoms with Gasteiger partial charge in [-0.05, 0) is 25.5 Å². The number of fused-ring (bicyclic) bond motifs is 1. The van der Waals surface area contributed by atoms with Gasteiger partial charge in [-0.3, -0.25) is 0 Å². The lowest BCUT2D eigenvalue weighted by molar-refractivity contribution is 0.405. The quantitative estimate of drug-likeness (QED) is 0.749. The summed E-state index contributed by atoms with van der Waals surface area (Å²) in [6.45, 7) is 3.61. The maximum Gasteiger partial charge on any atom is 0.342 e. The Labute approximate surface area is 98.8 Å². The first-order chi connectivity index (χ1) is 8.08. The molecule has 0 atom stereocenters. The van der Waals surface area contributed by atoms with E-state index < -0.39 is 0 Å². The molecular formula is C13H14O4. The minimum Gasteiger partial charge on any atom is -0.497 e. The Kier molecular flexibility index (Phi) is 2.79. The fraction of sp³-hybridized carbons (Fsp3) is 0.308. The topological polar surface area (TPSA) is 48.7 Å². The second kappa shape index (κ2) is 4.13. The zero-order valence-corrected chi connectivity index (χ0v) is 10.3. The summed E-state index contributed by atoms with van der Waals surface area (Å²) in [5.74, 6) is 1.22. The lowest BCUT2D eigenvalue weighted by Crippen LogP contribution is -2.06. The molecule has 0 fully saturated rings. The van der Waals surface area contributed by atoms with Crippen LogP contribution in [0.15, 0.2) is 21.3 Å². The average molecular weight is 234 g/mol. The molecule has 0 bridgehead atoms. The van der Waals surface area contributed by atoms with Gasteiger partial charge in [-0.25, -0.2) is 4.79 Å². The van der Waals surface area contributed by atoms with Crippen LogP contribution >= 0.6 is 0 Å². The van der Waals surface area contributed by atoms with Gasteiger partial charge in [0, 0.05) is 6.07 Å². The number of rotatable bonds is 2. The minimum atomic E-state index is -0.387. The van der Waals surface area contributed by atoms with Crippen LogP contribution in [-0.2, 0) is 0 Å². The van der Waals surface area contributed by atoms with E-state index >= 15 is 0 Å². The first-order valence-corrected chi connectivity index (χ1v) is 5.24. The molecule has 0 aliphatic carbocycles. The first-order valence-electron chi connectivity index (χ1n) is 5.24. The molecule has 0 amide bonds. The third-order valence-electron chi connectivity index (χ3n) is 2.79. The summed E-state index contributed by atoms with van der Waals surface area (Å²) in [5, 5.41) is 0.811. The summed E-state index contributed by atoms with van der Waals surface area (Å²) in [6, 6.07) is 3.57. The molecule has 2 rings (SSSR count). The largest absolute Gasteiger partial charge is 0.497 e. The van der Waals surface area contributed by atoms with E-state index in [-0.39, 0.29) is 5.63 Å². The fourth-order valence-electron chi connectivity index (χ4n) is 1.92. The Hall–Kier alpha value is -1.97. The summed E-state index contributed by atoms with van der Waals surface area (Å²) in [4.78, 5) is 11.6. The summed E-state index contributed by atoms with van der Waals surface area (Å²) in [6.07, 6.45) is 0. The van der Waals surface area contributed by atoms with E-state index in [9.17, 15) is 4.79 Å². The van der Waals surface area contributed by atoms with Crippen LogP contribution in [-0.4, -0.2) is 14.2 Å². The second-order valence-electron chi connectivity index (χ2n) is 3.87. The predicted octanol–water partition coefficient (Wildman–Crippen LogP) is 2.43. The molecular weight excluding hydrogens is 220 g/mol. The van der Waals surface area contributed by atoms with Gasteiger partial charge in [0.05, 0.1) is 25.2 Å². The lowest BCUT2D eigenvalue weighted by Gasteiger charge is -2.10. The Balaban J connectivity index is 2.95. The van der Waals surface area contributed by atoms with E-state index in [0.717, 1.165) is 10.9 Å². The van der Waals surface area contributed by atoms with Gasteiger partial charge in [-0.1, -0.05) is 0 Å². The maximum atomic E-state index is 11.6. The second-order valence-corrected chi connectivity index (χ2v) is 3.87. The summed E-state index contributed by atoms with van der Waals surface area (Å²) in [5.41, 5.74) is 1.52. The van der Waals surface area contributed by atoms with Crippen molar-refractivity contribution in [2.75, 3.05) is 14.2 Å². The molecule has 90 valence electrons. The standard InChI is InChI=1S/C13H14O4/c1-7-5-9(15-3)6-10-11(7)12(16-4)8(2)13(14)17-10/h5-6H,1-4H3. The molecule has 0 N–H and O–H groups in total. The van der Waals surface area contributed by atoms with Crippen LogP contribution in [0.25, 0.3) is 11.0 Å². The van der Waals surface area contributed by atoms with Crippen LogP contribution in [0.4, 0.5) is 0 Å². The maximum absolute atomic E-state index is 11.6. The molecule has 1 heterocycles. The van der Waals surface area contributed by atoms with Gasteiger partial charge in [0.15, 0.2) is 0 Å². The Morgan fingerprint density at radius 1 is 1.12 bits per heavy atom. The molecule has 0 spiro atoms. The summed E-state index contributed by atoms with van der Waals surface area (Å²) >= 11 is 0. The third kappa shape index (κ3) is 1.75. The van der Waals surface area contributed by atoms with E-state index in [0.29, 0.717) is 22.6 Å². The summed E-state index contributed by atoms with van der Waals surface area (Å²) < 4.78 is 15.7. The number of hydrogen-bond acceptors (Lipinski definition) is 4. The van der Waals surface area contributed by atoms with Gasteiger partial charge in [0.25, 0.3) is 0 Å². The average Bonchev–Trinajstić information content (AvgIpc) is 2.31. The van der Waals surface area contributed by atoms with E-state index in [1.807, 2.05) is 13.0 Å². The van der Waals surface area contributed by atoms with Crippen LogP contribution in [0.5, 0.6) is 11.5 Å². The van der Waals surface area contributed by atoms with Crippen LogP contribution < -0.4 is 15.1 Å². The number of hydrogen-bond donors (Lipinski definition) is 0. The van der Waals surface area contributed by atoms with Crippen molar-refractivity contribution < 1.29 is 13.9 Å². The first kappa shape index (κ1) is 11.5. The molecule has 0 saturated heterocycles. The fourth-order valence-corrected chi connectivity index (χ4v) is 1.92. The monoisotopic (exact) mass is 234 g/mol. The van der Waals surface area contributed by atoms with Gasteiger partial charge in [-0.2, -0.15) is 0 Å². The smallest absolute Gasteiger partial charge is 0.342 e. The molecule has 0 radical (unpaired) electrons. The number of benzene rings is 1. The zero-order chi connectivity index (χ0) is 12.6. The van der Waals surface area contributed by atoms with Crippen LogP contribution in [0.1, 0.15) is 11.1 Å². The van der Waals surface area contributed by atoms with Gasteiger partial charge < -0.3 is 13.9 Å². The van der Waals surface area contributed by atoms with Crippen molar-refractivity contribution in [3.05, 3.63) is 33.7 Å². The van der Waals surface area contributed by atoms with Crippen molar-refractivity contribution in [1.82, 2.24) is 0 Å². The van der Waals surface area contributed by atoms with Gasteiger partial charge >= 0.3 is 5.63 Å². The highest BCUT2D eigenvalue weighted by molar-refractivity contribution is 5.88. The van der Waals surface area contributed by atoms with E-state index in [4.69, 9.17) is 13.9 Å². The van der Waals surface area contributed by atoms with Crippen molar-refractivity contribution >= 4 is 11.0 Å². The van der Waals surface area contributed by atoms with E-state index in [2.05, 4.69) is 0 Å². The van der Waals surface area contributed by atoms with Crippen molar-refractivity contribution in [3.63, 3.8) is 0 Å². The Morgan fingerprint density at radius 3 is 2.41 bits per heavy atom. The van der Waals surface area contributed by atoms with Crippen LogP contribution in [0.2, 0.25) is 0 Å². The zero-order valence-electron chi connectivity index (χ0n) is 10.3. The highest BCUT2D eigenvalue weighted by Gasteiger charge is 2.14. The van der Waals surface area contributed by atoms with Crippen LogP contribution in [0.3, 0.4) is 0 Å². The molecule has 4 heteroatoms. The third-order valence-corrected chi connectivity index (χ3v) is 2.79. The van der Waals surface area contributed by atoms with Gasteiger partial charge in [-0.15, -0.1) is 0 Å². The van der Waals surface area contributed by atoms with Crippen molar-refractivity contribution in [3.8, 4) is 11.5 Å². The molecule has 0 unspecified atom stereocenters. The SMILES string of the molecule is COc1cc(C)c2c(OC)c(C)c(=O)oc2c1. The van der Waals surface area contributed by atoms with Gasteiger partial charge in [0.2, 0.25) is 0 Å². The number of ether oxygens (including phenoxy) is 2. The number of aryl methyl sites for hydroxylation is 1. The molecule has 1 aromatic carbocycles. The van der Waals surface area contributed by atoms with Crippen LogP contribution in [0, 0.1) is 13.8 Å². The molecule has 4 nitrogen and oxygen atoms in total. The highest BCUT2D eigenvalue weighted by atomic mass is 16.5. The Bertz CT molecular complexity index is 625. The van der Waals surface area contributed by atoms with Crippen molar-refractivity contribution in [1.29, 1.82) is 0 Å². The molecule has 0 aliphatic heterocycles. The normalized spacial score (nSPS) is 10.6. The predicted molar refractivity (Wildman–Crippen MR) is 65.1 cm³/mol. The minimum absolute atomic E-state index is 0.387. The molecule has 17 heavy (non-hydrogen) atoms. The van der Waals surface area contributed by atoms with Crippen molar-refractivity contribution in [2.24, 2.45) is 0 Å². The number of methoxy groups -OCH3 is 2. The highest BCUT2D eigenvalue weighted by Crippen LogP contribution is 2.32. The van der Waals surface area contributed by atoms with E-state index in [1.54, 1.807) is 27.2 Å². The van der Waals surface area contributed by atoms with E-state index in [1.165, 1.54) is 0 Å². The molecule has 2 aromatic rings. The molecule has 0 saturated carbocycles. The molecule has 1 aromatic heterocycles. The van der Waals surface area contributed by atoms with Gasteiger partial charge in [0.1, 0.15) is 17.1 Å².